The van der Waals surface area contributed by atoms with Gasteiger partial charge in [-0.1, -0.05) is 12.1 Å². The number of rotatable bonds is 5. The van der Waals surface area contributed by atoms with E-state index in [0.717, 1.165) is 26.2 Å². The van der Waals surface area contributed by atoms with E-state index in [-0.39, 0.29) is 11.8 Å². The molecule has 0 amide bonds. The van der Waals surface area contributed by atoms with Gasteiger partial charge in [-0.3, -0.25) is 4.90 Å². The van der Waals surface area contributed by atoms with Crippen molar-refractivity contribution < 1.29 is 4.39 Å². The standard InChI is InChI=1S/C21H24FN7/c1-15-3-2-4-18(13-15)29-11-9-28(10-12-29)14-19-25-20(23)27-21(26-19)24-17-7-5-16(22)6-8-17/h2-8,13H,9-12,14H2,1H3,(H3,23,24,25,26,27). The third kappa shape index (κ3) is 4.97. The highest BCUT2D eigenvalue weighted by Crippen LogP contribution is 2.19. The molecule has 0 spiro atoms. The number of aromatic nitrogens is 3. The number of nitrogen functional groups attached to an aromatic ring is 1. The molecule has 0 radical (unpaired) electrons. The van der Waals surface area contributed by atoms with Gasteiger partial charge in [0, 0.05) is 37.6 Å². The lowest BCUT2D eigenvalue weighted by atomic mass is 10.2. The normalized spacial score (nSPS) is 14.8. The van der Waals surface area contributed by atoms with Crippen molar-refractivity contribution in [2.75, 3.05) is 42.1 Å². The predicted octanol–water partition coefficient (Wildman–Crippen LogP) is 2.97. The number of nitrogens with zero attached hydrogens (tertiary/aromatic N) is 5. The second-order valence-electron chi connectivity index (χ2n) is 7.17. The van der Waals surface area contributed by atoms with Crippen molar-refractivity contribution in [2.24, 2.45) is 0 Å². The molecule has 1 aliphatic rings. The zero-order chi connectivity index (χ0) is 20.2. The number of anilines is 4. The van der Waals surface area contributed by atoms with E-state index in [4.69, 9.17) is 5.73 Å². The van der Waals surface area contributed by atoms with Gasteiger partial charge in [-0.25, -0.2) is 4.39 Å². The number of nitrogens with one attached hydrogen (secondary N) is 1. The fraction of sp³-hybridized carbons (Fsp3) is 0.286. The number of benzene rings is 2. The van der Waals surface area contributed by atoms with Crippen molar-refractivity contribution in [3.05, 3.63) is 65.7 Å². The van der Waals surface area contributed by atoms with Crippen molar-refractivity contribution in [1.29, 1.82) is 0 Å². The summed E-state index contributed by atoms with van der Waals surface area (Å²) in [6.45, 7) is 6.45. The maximum Gasteiger partial charge on any atom is 0.232 e. The Balaban J connectivity index is 1.38. The van der Waals surface area contributed by atoms with Crippen molar-refractivity contribution in [1.82, 2.24) is 19.9 Å². The summed E-state index contributed by atoms with van der Waals surface area (Å²) in [7, 11) is 0. The van der Waals surface area contributed by atoms with Crippen LogP contribution in [0.3, 0.4) is 0 Å². The van der Waals surface area contributed by atoms with Gasteiger partial charge in [-0.05, 0) is 48.9 Å². The zero-order valence-electron chi connectivity index (χ0n) is 16.3. The average Bonchev–Trinajstić information content (AvgIpc) is 2.70. The van der Waals surface area contributed by atoms with Crippen LogP contribution in [0.1, 0.15) is 11.4 Å². The highest BCUT2D eigenvalue weighted by atomic mass is 19.1. The Morgan fingerprint density at radius 1 is 1.00 bits per heavy atom. The van der Waals surface area contributed by atoms with Crippen LogP contribution in [0, 0.1) is 12.7 Å². The fourth-order valence-corrected chi connectivity index (χ4v) is 3.42. The summed E-state index contributed by atoms with van der Waals surface area (Å²) in [5, 5.41) is 3.05. The first-order valence-corrected chi connectivity index (χ1v) is 9.62. The summed E-state index contributed by atoms with van der Waals surface area (Å²) in [6, 6.07) is 14.6. The molecule has 1 fully saturated rings. The Labute approximate surface area is 169 Å². The molecule has 1 aliphatic heterocycles. The fourth-order valence-electron chi connectivity index (χ4n) is 3.42. The third-order valence-corrected chi connectivity index (χ3v) is 4.90. The highest BCUT2D eigenvalue weighted by Gasteiger charge is 2.19. The Hall–Kier alpha value is -3.26. The van der Waals surface area contributed by atoms with E-state index in [1.807, 2.05) is 0 Å². The minimum atomic E-state index is -0.295. The maximum absolute atomic E-state index is 13.1. The molecule has 0 bridgehead atoms. The van der Waals surface area contributed by atoms with E-state index in [1.54, 1.807) is 12.1 Å². The van der Waals surface area contributed by atoms with Gasteiger partial charge in [0.1, 0.15) is 11.6 Å². The Bertz CT molecular complexity index is 969. The number of aryl methyl sites for hydroxylation is 1. The Morgan fingerprint density at radius 3 is 2.48 bits per heavy atom. The predicted molar refractivity (Wildman–Crippen MR) is 113 cm³/mol. The quantitative estimate of drug-likeness (QED) is 0.689. The molecule has 7 nitrogen and oxygen atoms in total. The second kappa shape index (κ2) is 8.40. The molecule has 0 atom stereocenters. The lowest BCUT2D eigenvalue weighted by Gasteiger charge is -2.35. The number of hydrogen-bond donors (Lipinski definition) is 2. The first-order valence-electron chi connectivity index (χ1n) is 9.62. The van der Waals surface area contributed by atoms with Crippen molar-refractivity contribution in [3.63, 3.8) is 0 Å². The molecule has 2 aromatic carbocycles. The van der Waals surface area contributed by atoms with Crippen LogP contribution in [0.5, 0.6) is 0 Å². The monoisotopic (exact) mass is 393 g/mol. The van der Waals surface area contributed by atoms with E-state index in [1.165, 1.54) is 23.4 Å². The highest BCUT2D eigenvalue weighted by molar-refractivity contribution is 5.53. The summed E-state index contributed by atoms with van der Waals surface area (Å²) in [6.07, 6.45) is 0. The van der Waals surface area contributed by atoms with Gasteiger partial charge >= 0.3 is 0 Å². The Morgan fingerprint density at radius 2 is 1.76 bits per heavy atom. The van der Waals surface area contributed by atoms with Crippen molar-refractivity contribution in [2.45, 2.75) is 13.5 Å². The minimum Gasteiger partial charge on any atom is -0.369 e. The van der Waals surface area contributed by atoms with Gasteiger partial charge in [0.05, 0.1) is 6.54 Å². The van der Waals surface area contributed by atoms with Crippen LogP contribution in [0.4, 0.5) is 27.7 Å². The van der Waals surface area contributed by atoms with E-state index in [9.17, 15) is 4.39 Å². The first-order chi connectivity index (χ1) is 14.0. The van der Waals surface area contributed by atoms with E-state index in [2.05, 4.69) is 61.3 Å². The Kier molecular flexibility index (Phi) is 5.53. The summed E-state index contributed by atoms with van der Waals surface area (Å²) < 4.78 is 13.1. The number of hydrogen-bond acceptors (Lipinski definition) is 7. The van der Waals surface area contributed by atoms with E-state index < -0.39 is 0 Å². The summed E-state index contributed by atoms with van der Waals surface area (Å²) in [4.78, 5) is 17.6. The molecule has 0 saturated carbocycles. The first kappa shape index (κ1) is 19.1. The molecule has 1 aromatic heterocycles. The number of halogens is 1. The van der Waals surface area contributed by atoms with Crippen LogP contribution in [0.15, 0.2) is 48.5 Å². The number of piperazine rings is 1. The number of nitrogens with two attached hydrogens (primary N) is 1. The molecule has 0 unspecified atom stereocenters. The molecule has 3 aromatic rings. The van der Waals surface area contributed by atoms with Gasteiger partial charge in [-0.15, -0.1) is 0 Å². The van der Waals surface area contributed by atoms with Crippen molar-refractivity contribution >= 4 is 23.3 Å². The lowest BCUT2D eigenvalue weighted by molar-refractivity contribution is 0.244. The lowest BCUT2D eigenvalue weighted by Crippen LogP contribution is -2.46. The molecule has 1 saturated heterocycles. The molecule has 29 heavy (non-hydrogen) atoms. The van der Waals surface area contributed by atoms with Gasteiger partial charge in [-0.2, -0.15) is 15.0 Å². The largest absolute Gasteiger partial charge is 0.369 e. The van der Waals surface area contributed by atoms with Crippen LogP contribution in [-0.4, -0.2) is 46.0 Å². The van der Waals surface area contributed by atoms with Crippen LogP contribution in [0.2, 0.25) is 0 Å². The molecule has 4 rings (SSSR count). The molecule has 0 aliphatic carbocycles. The second-order valence-corrected chi connectivity index (χ2v) is 7.17. The van der Waals surface area contributed by atoms with E-state index in [0.29, 0.717) is 24.0 Å². The van der Waals surface area contributed by atoms with Gasteiger partial charge in [0.15, 0.2) is 0 Å². The average molecular weight is 393 g/mol. The smallest absolute Gasteiger partial charge is 0.232 e. The van der Waals surface area contributed by atoms with Crippen LogP contribution < -0.4 is 16.0 Å². The SMILES string of the molecule is Cc1cccc(N2CCN(Cc3nc(N)nc(Nc4ccc(F)cc4)n3)CC2)c1. The zero-order valence-corrected chi connectivity index (χ0v) is 16.3. The molecule has 8 heteroatoms. The maximum atomic E-state index is 13.1. The van der Waals surface area contributed by atoms with E-state index >= 15 is 0 Å². The van der Waals surface area contributed by atoms with Crippen molar-refractivity contribution in [3.8, 4) is 0 Å². The third-order valence-electron chi connectivity index (χ3n) is 4.90. The molecular weight excluding hydrogens is 369 g/mol. The molecule has 150 valence electrons. The van der Waals surface area contributed by atoms with Gasteiger partial charge < -0.3 is 16.0 Å². The molecule has 2 heterocycles. The van der Waals surface area contributed by atoms with Crippen LogP contribution in [-0.2, 0) is 6.54 Å². The van der Waals surface area contributed by atoms with Gasteiger partial charge in [0.2, 0.25) is 11.9 Å². The summed E-state index contributed by atoms with van der Waals surface area (Å²) in [5.41, 5.74) is 9.09. The topological polar surface area (TPSA) is 83.2 Å². The van der Waals surface area contributed by atoms with Crippen LogP contribution >= 0.6 is 0 Å². The van der Waals surface area contributed by atoms with Gasteiger partial charge in [0.25, 0.3) is 0 Å². The minimum absolute atomic E-state index is 0.165. The summed E-state index contributed by atoms with van der Waals surface area (Å²) >= 11 is 0. The molecule has 3 N–H and O–H groups in total. The summed E-state index contributed by atoms with van der Waals surface area (Å²) in [5.74, 6) is 0.845. The molecular formula is C21H24FN7. The van der Waals surface area contributed by atoms with Crippen LogP contribution in [0.25, 0.3) is 0 Å².